The highest BCUT2D eigenvalue weighted by Gasteiger charge is 2.33. The van der Waals surface area contributed by atoms with E-state index in [0.29, 0.717) is 38.8 Å². The van der Waals surface area contributed by atoms with E-state index in [1.54, 1.807) is 6.92 Å². The number of hydrogen-bond donors (Lipinski definition) is 1. The van der Waals surface area contributed by atoms with Crippen molar-refractivity contribution in [1.82, 2.24) is 4.31 Å². The molecule has 7 heteroatoms. The minimum Gasteiger partial charge on any atom is -0.370 e. The standard InChI is InChI=1S/C11H19N3O3S/c1-2-10(8-12)18(16,17)14-5-3-9(4-6-14)7-11(13)15/h9-10H,2-7H2,1H3,(H2,13,15). The van der Waals surface area contributed by atoms with Gasteiger partial charge in [-0.15, -0.1) is 0 Å². The first-order valence-electron chi connectivity index (χ1n) is 6.08. The van der Waals surface area contributed by atoms with Crippen molar-refractivity contribution in [3.8, 4) is 6.07 Å². The maximum atomic E-state index is 12.1. The fourth-order valence-corrected chi connectivity index (χ4v) is 3.83. The molecule has 102 valence electrons. The SMILES string of the molecule is CCC(C#N)S(=O)(=O)N1CCC(CC(N)=O)CC1. The summed E-state index contributed by atoms with van der Waals surface area (Å²) in [5.41, 5.74) is 5.12. The van der Waals surface area contributed by atoms with Crippen LogP contribution in [0, 0.1) is 17.2 Å². The van der Waals surface area contributed by atoms with Crippen LogP contribution in [-0.4, -0.2) is 37.0 Å². The Kier molecular flexibility index (Phi) is 5.11. The molecule has 1 unspecified atom stereocenters. The van der Waals surface area contributed by atoms with Crippen LogP contribution in [0.5, 0.6) is 0 Å². The number of hydrogen-bond acceptors (Lipinski definition) is 4. The average Bonchev–Trinajstić information content (AvgIpc) is 2.30. The summed E-state index contributed by atoms with van der Waals surface area (Å²) in [5.74, 6) is -0.184. The Morgan fingerprint density at radius 1 is 1.50 bits per heavy atom. The molecule has 18 heavy (non-hydrogen) atoms. The van der Waals surface area contributed by atoms with Crippen LogP contribution in [0.15, 0.2) is 0 Å². The second-order valence-electron chi connectivity index (χ2n) is 4.58. The molecule has 2 N–H and O–H groups in total. The van der Waals surface area contributed by atoms with Crippen molar-refractivity contribution in [2.75, 3.05) is 13.1 Å². The van der Waals surface area contributed by atoms with Crippen molar-refractivity contribution in [3.63, 3.8) is 0 Å². The van der Waals surface area contributed by atoms with Crippen LogP contribution in [0.4, 0.5) is 0 Å². The first-order chi connectivity index (χ1) is 8.41. The Balaban J connectivity index is 2.63. The second kappa shape index (κ2) is 6.16. The fourth-order valence-electron chi connectivity index (χ4n) is 2.20. The van der Waals surface area contributed by atoms with Gasteiger partial charge in [0.2, 0.25) is 15.9 Å². The van der Waals surface area contributed by atoms with Gasteiger partial charge in [-0.3, -0.25) is 4.79 Å². The second-order valence-corrected chi connectivity index (χ2v) is 6.70. The summed E-state index contributed by atoms with van der Waals surface area (Å²) in [6.07, 6.45) is 1.86. The molecule has 1 aliphatic rings. The van der Waals surface area contributed by atoms with Crippen molar-refractivity contribution >= 4 is 15.9 Å². The highest BCUT2D eigenvalue weighted by atomic mass is 32.2. The number of piperidine rings is 1. The maximum absolute atomic E-state index is 12.1. The highest BCUT2D eigenvalue weighted by molar-refractivity contribution is 7.90. The van der Waals surface area contributed by atoms with Gasteiger partial charge in [-0.1, -0.05) is 6.92 Å². The molecule has 1 amide bonds. The Hall–Kier alpha value is -1.13. The zero-order chi connectivity index (χ0) is 13.8. The minimum absolute atomic E-state index is 0.163. The molecule has 0 aliphatic carbocycles. The monoisotopic (exact) mass is 273 g/mol. The van der Waals surface area contributed by atoms with Crippen LogP contribution < -0.4 is 5.73 Å². The van der Waals surface area contributed by atoms with E-state index >= 15 is 0 Å². The molecule has 0 radical (unpaired) electrons. The molecule has 1 saturated heterocycles. The number of nitrogens with zero attached hydrogens (tertiary/aromatic N) is 2. The molecule has 1 atom stereocenters. The number of rotatable bonds is 5. The normalized spacial score (nSPS) is 20.2. The van der Waals surface area contributed by atoms with Crippen LogP contribution in [0.2, 0.25) is 0 Å². The Morgan fingerprint density at radius 2 is 2.06 bits per heavy atom. The van der Waals surface area contributed by atoms with Gasteiger partial charge in [0, 0.05) is 19.5 Å². The molecule has 0 saturated carbocycles. The van der Waals surface area contributed by atoms with Gasteiger partial charge in [-0.25, -0.2) is 12.7 Å². The first kappa shape index (κ1) is 14.9. The van der Waals surface area contributed by atoms with Gasteiger partial charge in [0.05, 0.1) is 6.07 Å². The van der Waals surface area contributed by atoms with Crippen molar-refractivity contribution in [1.29, 1.82) is 5.26 Å². The number of carbonyl (C=O) groups excluding carboxylic acids is 1. The number of primary amides is 1. The minimum atomic E-state index is -3.52. The largest absolute Gasteiger partial charge is 0.370 e. The summed E-state index contributed by atoms with van der Waals surface area (Å²) in [6.45, 7) is 2.43. The number of amides is 1. The van der Waals surface area contributed by atoms with Crippen molar-refractivity contribution in [2.45, 2.75) is 37.9 Å². The lowest BCUT2D eigenvalue weighted by Crippen LogP contribution is -2.43. The van der Waals surface area contributed by atoms with Gasteiger partial charge in [0.1, 0.15) is 0 Å². The summed E-state index contributed by atoms with van der Waals surface area (Å²) >= 11 is 0. The average molecular weight is 273 g/mol. The topological polar surface area (TPSA) is 104 Å². The van der Waals surface area contributed by atoms with Crippen LogP contribution in [0.25, 0.3) is 0 Å². The summed E-state index contributed by atoms with van der Waals surface area (Å²) in [5, 5.41) is 7.88. The molecule has 0 aromatic heterocycles. The third-order valence-electron chi connectivity index (χ3n) is 3.30. The smallest absolute Gasteiger partial charge is 0.230 e. The molecule has 0 bridgehead atoms. The highest BCUT2D eigenvalue weighted by Crippen LogP contribution is 2.24. The predicted octanol–water partition coefficient (Wildman–Crippen LogP) is 0.206. The molecular formula is C11H19N3O3S. The summed E-state index contributed by atoms with van der Waals surface area (Å²) in [6, 6.07) is 1.83. The molecule has 6 nitrogen and oxygen atoms in total. The fraction of sp³-hybridized carbons (Fsp3) is 0.818. The van der Waals surface area contributed by atoms with E-state index in [1.807, 2.05) is 6.07 Å². The van der Waals surface area contributed by atoms with Gasteiger partial charge >= 0.3 is 0 Å². The lowest BCUT2D eigenvalue weighted by Gasteiger charge is -2.31. The summed E-state index contributed by atoms with van der Waals surface area (Å²) in [7, 11) is -3.52. The third-order valence-corrected chi connectivity index (χ3v) is 5.54. The maximum Gasteiger partial charge on any atom is 0.230 e. The Morgan fingerprint density at radius 3 is 2.44 bits per heavy atom. The van der Waals surface area contributed by atoms with Gasteiger partial charge in [0.15, 0.2) is 5.25 Å². The molecule has 0 aromatic carbocycles. The van der Waals surface area contributed by atoms with E-state index in [1.165, 1.54) is 4.31 Å². The van der Waals surface area contributed by atoms with Crippen LogP contribution in [-0.2, 0) is 14.8 Å². The molecule has 0 aromatic rings. The third kappa shape index (κ3) is 3.43. The van der Waals surface area contributed by atoms with Crippen LogP contribution in [0.3, 0.4) is 0 Å². The van der Waals surface area contributed by atoms with E-state index in [2.05, 4.69) is 0 Å². The summed E-state index contributed by atoms with van der Waals surface area (Å²) in [4.78, 5) is 10.8. The van der Waals surface area contributed by atoms with Crippen molar-refractivity contribution < 1.29 is 13.2 Å². The first-order valence-corrected chi connectivity index (χ1v) is 7.59. The zero-order valence-corrected chi connectivity index (χ0v) is 11.3. The van der Waals surface area contributed by atoms with Crippen LogP contribution >= 0.6 is 0 Å². The molecule has 1 rings (SSSR count). The molecule has 1 aliphatic heterocycles. The predicted molar refractivity (Wildman–Crippen MR) is 66.7 cm³/mol. The van der Waals surface area contributed by atoms with E-state index in [4.69, 9.17) is 11.0 Å². The van der Waals surface area contributed by atoms with Gasteiger partial charge in [-0.05, 0) is 25.2 Å². The molecule has 1 fully saturated rings. The van der Waals surface area contributed by atoms with E-state index < -0.39 is 15.3 Å². The Labute approximate surface area is 108 Å². The van der Waals surface area contributed by atoms with E-state index in [0.717, 1.165) is 0 Å². The molecule has 0 spiro atoms. The van der Waals surface area contributed by atoms with Gasteiger partial charge in [-0.2, -0.15) is 5.26 Å². The van der Waals surface area contributed by atoms with Gasteiger partial charge < -0.3 is 5.73 Å². The molecule has 1 heterocycles. The quantitative estimate of drug-likeness (QED) is 0.772. The van der Waals surface area contributed by atoms with E-state index in [9.17, 15) is 13.2 Å². The summed E-state index contributed by atoms with van der Waals surface area (Å²) < 4.78 is 25.5. The van der Waals surface area contributed by atoms with Gasteiger partial charge in [0.25, 0.3) is 0 Å². The number of carbonyl (C=O) groups is 1. The lowest BCUT2D eigenvalue weighted by molar-refractivity contribution is -0.119. The van der Waals surface area contributed by atoms with Crippen LogP contribution in [0.1, 0.15) is 32.6 Å². The van der Waals surface area contributed by atoms with E-state index in [-0.39, 0.29) is 11.8 Å². The number of nitriles is 1. The number of nitrogens with two attached hydrogens (primary N) is 1. The lowest BCUT2D eigenvalue weighted by atomic mass is 9.94. The van der Waals surface area contributed by atoms with Crippen molar-refractivity contribution in [3.05, 3.63) is 0 Å². The zero-order valence-electron chi connectivity index (χ0n) is 10.5. The molecular weight excluding hydrogens is 254 g/mol. The van der Waals surface area contributed by atoms with Crippen molar-refractivity contribution in [2.24, 2.45) is 11.7 Å². The number of sulfonamides is 1. The Bertz CT molecular complexity index is 433.